The Hall–Kier alpha value is -1.98. The molecule has 9 nitrogen and oxygen atoms in total. The van der Waals surface area contributed by atoms with Gasteiger partial charge in [-0.2, -0.15) is 0 Å². The zero-order valence-electron chi connectivity index (χ0n) is 30.3. The van der Waals surface area contributed by atoms with Crippen LogP contribution < -0.4 is 0 Å². The molecule has 0 saturated carbocycles. The lowest BCUT2D eigenvalue weighted by Crippen LogP contribution is -2.66. The summed E-state index contributed by atoms with van der Waals surface area (Å²) < 4.78 is 21.4. The molecule has 1 saturated heterocycles. The maximum atomic E-state index is 13.8. The Bertz CT molecular complexity index is 1360. The van der Waals surface area contributed by atoms with Crippen molar-refractivity contribution < 1.29 is 33.0 Å². The Kier molecular flexibility index (Phi) is 12.7. The van der Waals surface area contributed by atoms with Crippen LogP contribution in [0.5, 0.6) is 0 Å². The van der Waals surface area contributed by atoms with Crippen LogP contribution in [0, 0.1) is 0 Å². The molecule has 48 heavy (non-hydrogen) atoms. The third-order valence-corrected chi connectivity index (χ3v) is 15.1. The fraction of sp³-hybridized carbons (Fsp3) is 0.686. The molecule has 270 valence electrons. The number of benzene rings is 1. The second-order valence-electron chi connectivity index (χ2n) is 15.6. The third kappa shape index (κ3) is 9.83. The largest absolute Gasteiger partial charge is 0.463 e. The predicted octanol–water partition coefficient (Wildman–Crippen LogP) is 8.94. The molecule has 2 atom stereocenters. The van der Waals surface area contributed by atoms with Crippen LogP contribution >= 0.6 is 34.8 Å². The van der Waals surface area contributed by atoms with Crippen LogP contribution in [0.1, 0.15) is 86.3 Å². The highest BCUT2D eigenvalue weighted by molar-refractivity contribution is 6.74. The van der Waals surface area contributed by atoms with Gasteiger partial charge in [0.15, 0.2) is 13.9 Å². The van der Waals surface area contributed by atoms with Crippen molar-refractivity contribution >= 4 is 66.8 Å². The van der Waals surface area contributed by atoms with E-state index in [1.807, 2.05) is 12.1 Å². The van der Waals surface area contributed by atoms with Crippen molar-refractivity contribution in [1.29, 1.82) is 0 Å². The van der Waals surface area contributed by atoms with Gasteiger partial charge in [0.2, 0.25) is 3.79 Å². The highest BCUT2D eigenvalue weighted by Gasteiger charge is 2.52. The van der Waals surface area contributed by atoms with Crippen LogP contribution in [-0.2, 0) is 29.9 Å². The minimum atomic E-state index is -1.92. The molecule has 0 N–H and O–H groups in total. The molecule has 1 aromatic rings. The van der Waals surface area contributed by atoms with Crippen molar-refractivity contribution in [3.63, 3.8) is 0 Å². The van der Waals surface area contributed by atoms with Gasteiger partial charge in [0.1, 0.15) is 5.60 Å². The Morgan fingerprint density at radius 1 is 0.896 bits per heavy atom. The first-order valence-electron chi connectivity index (χ1n) is 16.6. The van der Waals surface area contributed by atoms with Gasteiger partial charge >= 0.3 is 18.2 Å². The van der Waals surface area contributed by atoms with Crippen LogP contribution in [-0.4, -0.2) is 89.7 Å². The lowest BCUT2D eigenvalue weighted by Gasteiger charge is -2.50. The molecular formula is C35H53Cl3N2O7Si. The van der Waals surface area contributed by atoms with Gasteiger partial charge in [-0.3, -0.25) is 4.90 Å². The summed E-state index contributed by atoms with van der Waals surface area (Å²) >= 11 is 18.4. The Morgan fingerprint density at radius 2 is 1.50 bits per heavy atom. The molecule has 2 aliphatic heterocycles. The summed E-state index contributed by atoms with van der Waals surface area (Å²) in [4.78, 5) is 43.8. The smallest absolute Gasteiger partial charge is 0.411 e. The fourth-order valence-electron chi connectivity index (χ4n) is 5.42. The third-order valence-electron chi connectivity index (χ3n) is 9.22. The van der Waals surface area contributed by atoms with E-state index in [1.165, 1.54) is 23.6 Å². The number of hydrogen-bond donors (Lipinski definition) is 0. The van der Waals surface area contributed by atoms with E-state index in [2.05, 4.69) is 46.0 Å². The minimum absolute atomic E-state index is 0.0152. The predicted molar refractivity (Wildman–Crippen MR) is 194 cm³/mol. The Balaban J connectivity index is 1.98. The van der Waals surface area contributed by atoms with Crippen LogP contribution in [0.4, 0.5) is 9.59 Å². The molecule has 2 heterocycles. The number of esters is 1. The van der Waals surface area contributed by atoms with Gasteiger partial charge < -0.3 is 23.5 Å². The highest BCUT2D eigenvalue weighted by Crippen LogP contribution is 2.44. The number of ether oxygens (including phenoxy) is 3. The van der Waals surface area contributed by atoms with Gasteiger partial charge in [-0.05, 0) is 95.6 Å². The number of piperazine rings is 1. The molecule has 0 unspecified atom stereocenters. The summed E-state index contributed by atoms with van der Waals surface area (Å²) in [6.45, 7) is 22.3. The number of alkyl halides is 3. The number of nitrogens with zero attached hydrogens (tertiary/aromatic N) is 2. The molecule has 3 rings (SSSR count). The molecule has 2 amide bonds. The van der Waals surface area contributed by atoms with E-state index in [4.69, 9.17) is 53.4 Å². The molecule has 1 fully saturated rings. The van der Waals surface area contributed by atoms with E-state index in [9.17, 15) is 14.4 Å². The van der Waals surface area contributed by atoms with Crippen LogP contribution in [0.25, 0.3) is 5.57 Å². The monoisotopic (exact) mass is 746 g/mol. The first-order chi connectivity index (χ1) is 21.9. The number of aryl methyl sites for hydroxylation is 1. The fourth-order valence-corrected chi connectivity index (χ4v) is 6.63. The zero-order valence-corrected chi connectivity index (χ0v) is 33.6. The number of fused-ring (bicyclic) bond motifs is 2. The Morgan fingerprint density at radius 3 is 2.02 bits per heavy atom. The first-order valence-corrected chi connectivity index (χ1v) is 20.6. The minimum Gasteiger partial charge on any atom is -0.463 e. The van der Waals surface area contributed by atoms with Crippen LogP contribution in [0.15, 0.2) is 29.8 Å². The molecule has 0 spiro atoms. The second kappa shape index (κ2) is 15.1. The Labute approximate surface area is 302 Å². The molecule has 13 heteroatoms. The summed E-state index contributed by atoms with van der Waals surface area (Å²) in [6.07, 6.45) is 0.705. The quantitative estimate of drug-likeness (QED) is 0.0819. The van der Waals surface area contributed by atoms with E-state index in [0.29, 0.717) is 6.61 Å². The molecule has 0 aliphatic carbocycles. The van der Waals surface area contributed by atoms with Crippen molar-refractivity contribution in [1.82, 2.24) is 9.80 Å². The second-order valence-corrected chi connectivity index (χ2v) is 22.7. The van der Waals surface area contributed by atoms with Crippen molar-refractivity contribution in [3.8, 4) is 0 Å². The average molecular weight is 748 g/mol. The summed E-state index contributed by atoms with van der Waals surface area (Å²) in [5, 5.41) is 0.159. The van der Waals surface area contributed by atoms with E-state index in [1.54, 1.807) is 27.7 Å². The van der Waals surface area contributed by atoms with Crippen molar-refractivity contribution in [2.75, 3.05) is 26.3 Å². The van der Waals surface area contributed by atoms with Crippen LogP contribution in [0.3, 0.4) is 0 Å². The molecule has 0 aromatic heterocycles. The van der Waals surface area contributed by atoms with Gasteiger partial charge in [0.05, 0.1) is 24.3 Å². The number of hydrogen-bond acceptors (Lipinski definition) is 7. The summed E-state index contributed by atoms with van der Waals surface area (Å²) in [7, 11) is -1.81. The highest BCUT2D eigenvalue weighted by atomic mass is 35.6. The van der Waals surface area contributed by atoms with Gasteiger partial charge in [0, 0.05) is 19.7 Å². The first kappa shape index (κ1) is 40.4. The number of halogens is 3. The molecule has 2 bridgehead atoms. The van der Waals surface area contributed by atoms with Crippen LogP contribution in [0.2, 0.25) is 18.1 Å². The van der Waals surface area contributed by atoms with Crippen molar-refractivity contribution in [2.24, 2.45) is 0 Å². The van der Waals surface area contributed by atoms with E-state index >= 15 is 0 Å². The number of amides is 2. The topological polar surface area (TPSA) is 94.6 Å². The van der Waals surface area contributed by atoms with Gasteiger partial charge in [-0.25, -0.2) is 14.4 Å². The van der Waals surface area contributed by atoms with Crippen molar-refractivity contribution in [3.05, 3.63) is 41.0 Å². The van der Waals surface area contributed by atoms with Crippen molar-refractivity contribution in [2.45, 2.75) is 127 Å². The number of rotatable bonds is 9. The van der Waals surface area contributed by atoms with E-state index in [0.717, 1.165) is 29.5 Å². The molecule has 1 aromatic carbocycles. The normalized spacial score (nSPS) is 19.3. The number of carbonyl (C=O) groups is 3. The summed E-state index contributed by atoms with van der Waals surface area (Å²) in [5.41, 5.74) is 0.801. The summed E-state index contributed by atoms with van der Waals surface area (Å²) in [5.74, 6) is -0.577. The maximum Gasteiger partial charge on any atom is 0.411 e. The zero-order chi connectivity index (χ0) is 36.5. The summed E-state index contributed by atoms with van der Waals surface area (Å²) in [6, 6.07) is 6.66. The van der Waals surface area contributed by atoms with Gasteiger partial charge in [-0.15, -0.1) is 0 Å². The van der Waals surface area contributed by atoms with E-state index < -0.39 is 53.6 Å². The molecule has 2 aliphatic rings. The molecule has 0 radical (unpaired) electrons. The lowest BCUT2D eigenvalue weighted by atomic mass is 9.82. The molecular weight excluding hydrogens is 695 g/mol. The maximum absolute atomic E-state index is 13.8. The SMILES string of the molecule is CCOC(=O)C1=C(c2ccc(CCCO[Si](C)(C)C(C)(C)C)cc2)C[C@@H]2CN(C(=O)OC(C)(C)C)C[C@H]1N2C(=O)OC(C)(C)C(Cl)(Cl)Cl. The average Bonchev–Trinajstić information content (AvgIpc) is 2.92. The number of carbonyl (C=O) groups excluding carboxylic acids is 3. The van der Waals surface area contributed by atoms with Gasteiger partial charge in [-0.1, -0.05) is 79.8 Å². The standard InChI is InChI=1S/C35H53Cl3N2O7Si/c1-12-44-29(41)28-26(24-17-15-23(16-18-24)14-13-19-45-48(10,11)33(5,6)7)20-25-21-39(30(42)46-32(2,3)4)22-27(28)40(25)31(43)47-34(8,9)35(36,37)38/h15-18,25,27H,12-14,19-22H2,1-11H3/t25-,27-/m1/s1. The lowest BCUT2D eigenvalue weighted by molar-refractivity contribution is -0.140. The van der Waals surface area contributed by atoms with E-state index in [-0.39, 0.29) is 36.7 Å². The van der Waals surface area contributed by atoms with Gasteiger partial charge in [0.25, 0.3) is 0 Å².